The first kappa shape index (κ1) is 19.8. The highest BCUT2D eigenvalue weighted by Crippen LogP contribution is 2.24. The molecule has 0 saturated heterocycles. The van der Waals surface area contributed by atoms with Crippen LogP contribution < -0.4 is 10.1 Å². The zero-order valence-corrected chi connectivity index (χ0v) is 14.5. The second kappa shape index (κ2) is 7.77. The van der Waals surface area contributed by atoms with Gasteiger partial charge in [0.05, 0.1) is 10.6 Å². The van der Waals surface area contributed by atoms with Crippen LogP contribution in [0.3, 0.4) is 0 Å². The van der Waals surface area contributed by atoms with Crippen LogP contribution in [0.15, 0.2) is 53.4 Å². The summed E-state index contributed by atoms with van der Waals surface area (Å²) in [5, 5.41) is 2.42. The number of halogens is 3. The number of alkyl halides is 3. The van der Waals surface area contributed by atoms with E-state index in [1.807, 2.05) is 6.92 Å². The van der Waals surface area contributed by atoms with Crippen molar-refractivity contribution in [3.05, 3.63) is 54.1 Å². The fraction of sp³-hybridized carbons (Fsp3) is 0.235. The average molecular weight is 387 g/mol. The average Bonchev–Trinajstić information content (AvgIpc) is 2.54. The minimum absolute atomic E-state index is 0.129. The van der Waals surface area contributed by atoms with Gasteiger partial charge >= 0.3 is 6.36 Å². The predicted molar refractivity (Wildman–Crippen MR) is 89.6 cm³/mol. The number of carbonyl (C=O) groups is 1. The molecule has 5 nitrogen and oxygen atoms in total. The van der Waals surface area contributed by atoms with Gasteiger partial charge in [-0.1, -0.05) is 17.7 Å². The molecule has 1 N–H and O–H groups in total. The molecule has 2 aromatic carbocycles. The molecule has 0 atom stereocenters. The molecule has 0 radical (unpaired) electrons. The Bertz CT molecular complexity index is 860. The van der Waals surface area contributed by atoms with Crippen LogP contribution >= 0.6 is 0 Å². The predicted octanol–water partition coefficient (Wildman–Crippen LogP) is 3.70. The Hall–Kier alpha value is -2.55. The van der Waals surface area contributed by atoms with Gasteiger partial charge in [-0.3, -0.25) is 4.79 Å². The maximum atomic E-state index is 12.2. The van der Waals surface area contributed by atoms with Crippen LogP contribution in [0.25, 0.3) is 0 Å². The number of hydrogen-bond acceptors (Lipinski definition) is 4. The van der Waals surface area contributed by atoms with E-state index in [2.05, 4.69) is 10.1 Å². The molecule has 0 bridgehead atoms. The van der Waals surface area contributed by atoms with E-state index in [4.69, 9.17) is 0 Å². The molecule has 1 amide bonds. The Labute approximate surface area is 148 Å². The summed E-state index contributed by atoms with van der Waals surface area (Å²) in [6.07, 6.45) is -5.08. The van der Waals surface area contributed by atoms with E-state index in [0.717, 1.165) is 17.7 Å². The van der Waals surface area contributed by atoms with Gasteiger partial charge in [0.1, 0.15) is 5.75 Å². The standard InChI is InChI=1S/C17H16F3NO4S/c1-12-2-8-15(9-3-12)26(23,24)11-10-16(22)21-13-4-6-14(7-5-13)25-17(18,19)20/h2-9H,10-11H2,1H3,(H,21,22). The van der Waals surface area contributed by atoms with Crippen LogP contribution in [0.1, 0.15) is 12.0 Å². The molecule has 26 heavy (non-hydrogen) atoms. The van der Waals surface area contributed by atoms with Crippen molar-refractivity contribution in [1.29, 1.82) is 0 Å². The van der Waals surface area contributed by atoms with Gasteiger partial charge in [0.2, 0.25) is 5.91 Å². The summed E-state index contributed by atoms with van der Waals surface area (Å²) < 4.78 is 64.3. The zero-order valence-electron chi connectivity index (χ0n) is 13.7. The Balaban J connectivity index is 1.91. The summed E-state index contributed by atoms with van der Waals surface area (Å²) in [6.45, 7) is 1.83. The molecule has 0 aliphatic rings. The number of nitrogens with one attached hydrogen (secondary N) is 1. The summed E-state index contributed by atoms with van der Waals surface area (Å²) in [7, 11) is -3.60. The van der Waals surface area contributed by atoms with Crippen molar-refractivity contribution in [2.75, 3.05) is 11.1 Å². The third-order valence-corrected chi connectivity index (χ3v) is 5.08. The lowest BCUT2D eigenvalue weighted by atomic mass is 10.2. The molecule has 0 unspecified atom stereocenters. The summed E-state index contributed by atoms with van der Waals surface area (Å²) in [4.78, 5) is 12.0. The van der Waals surface area contributed by atoms with Gasteiger partial charge in [0, 0.05) is 12.1 Å². The Kier molecular flexibility index (Phi) is 5.91. The number of aryl methyl sites for hydroxylation is 1. The van der Waals surface area contributed by atoms with Gasteiger partial charge in [-0.15, -0.1) is 13.2 Å². The number of rotatable bonds is 6. The van der Waals surface area contributed by atoms with Gasteiger partial charge in [0.15, 0.2) is 9.84 Å². The lowest BCUT2D eigenvalue weighted by Gasteiger charge is -2.10. The Morgan fingerprint density at radius 2 is 1.62 bits per heavy atom. The highest BCUT2D eigenvalue weighted by atomic mass is 32.2. The highest BCUT2D eigenvalue weighted by molar-refractivity contribution is 7.91. The van der Waals surface area contributed by atoms with Crippen molar-refractivity contribution in [3.8, 4) is 5.75 Å². The SMILES string of the molecule is Cc1ccc(S(=O)(=O)CCC(=O)Nc2ccc(OC(F)(F)F)cc2)cc1. The summed E-state index contributed by atoms with van der Waals surface area (Å²) >= 11 is 0. The molecule has 2 aromatic rings. The first-order chi connectivity index (χ1) is 12.0. The smallest absolute Gasteiger partial charge is 0.406 e. The molecule has 0 heterocycles. The van der Waals surface area contributed by atoms with Crippen LogP contribution in [0, 0.1) is 6.92 Å². The molecule has 0 aliphatic heterocycles. The molecule has 0 spiro atoms. The van der Waals surface area contributed by atoms with E-state index in [1.54, 1.807) is 12.1 Å². The molecule has 0 aliphatic carbocycles. The van der Waals surface area contributed by atoms with E-state index < -0.39 is 27.9 Å². The molecule has 0 fully saturated rings. The third-order valence-electron chi connectivity index (χ3n) is 3.35. The van der Waals surface area contributed by atoms with Crippen molar-refractivity contribution in [2.24, 2.45) is 0 Å². The summed E-state index contributed by atoms with van der Waals surface area (Å²) in [5.41, 5.74) is 1.15. The largest absolute Gasteiger partial charge is 0.573 e. The van der Waals surface area contributed by atoms with Crippen molar-refractivity contribution in [3.63, 3.8) is 0 Å². The van der Waals surface area contributed by atoms with E-state index in [0.29, 0.717) is 0 Å². The third kappa shape index (κ3) is 6.07. The van der Waals surface area contributed by atoms with Crippen LogP contribution in [0.2, 0.25) is 0 Å². The summed E-state index contributed by atoms with van der Waals surface area (Å²) in [6, 6.07) is 10.8. The second-order valence-corrected chi connectivity index (χ2v) is 7.61. The first-order valence-corrected chi connectivity index (χ1v) is 9.15. The number of benzene rings is 2. The second-order valence-electron chi connectivity index (χ2n) is 5.50. The number of carbonyl (C=O) groups excluding carboxylic acids is 1. The van der Waals surface area contributed by atoms with Crippen molar-refractivity contribution >= 4 is 21.4 Å². The number of hydrogen-bond donors (Lipinski definition) is 1. The monoisotopic (exact) mass is 387 g/mol. The normalized spacial score (nSPS) is 11.8. The van der Waals surface area contributed by atoms with Crippen molar-refractivity contribution in [2.45, 2.75) is 24.6 Å². The van der Waals surface area contributed by atoms with E-state index in [1.165, 1.54) is 24.3 Å². The quantitative estimate of drug-likeness (QED) is 0.820. The topological polar surface area (TPSA) is 72.5 Å². The fourth-order valence-corrected chi connectivity index (χ4v) is 3.29. The minimum atomic E-state index is -4.80. The van der Waals surface area contributed by atoms with E-state index in [-0.39, 0.29) is 22.8 Å². The van der Waals surface area contributed by atoms with Gasteiger partial charge in [-0.25, -0.2) is 8.42 Å². The van der Waals surface area contributed by atoms with Crippen LogP contribution in [-0.4, -0.2) is 26.4 Å². The van der Waals surface area contributed by atoms with Gasteiger partial charge in [0.25, 0.3) is 0 Å². The van der Waals surface area contributed by atoms with Crippen molar-refractivity contribution < 1.29 is 31.1 Å². The number of anilines is 1. The van der Waals surface area contributed by atoms with Gasteiger partial charge in [-0.05, 0) is 43.3 Å². The van der Waals surface area contributed by atoms with Crippen LogP contribution in [-0.2, 0) is 14.6 Å². The Morgan fingerprint density at radius 1 is 1.04 bits per heavy atom. The maximum absolute atomic E-state index is 12.2. The summed E-state index contributed by atoms with van der Waals surface area (Å²) in [5.74, 6) is -1.36. The number of sulfone groups is 1. The van der Waals surface area contributed by atoms with Gasteiger partial charge < -0.3 is 10.1 Å². The lowest BCUT2D eigenvalue weighted by molar-refractivity contribution is -0.274. The lowest BCUT2D eigenvalue weighted by Crippen LogP contribution is -2.18. The first-order valence-electron chi connectivity index (χ1n) is 7.50. The molecule has 140 valence electrons. The maximum Gasteiger partial charge on any atom is 0.573 e. The molecule has 0 saturated carbocycles. The van der Waals surface area contributed by atoms with E-state index in [9.17, 15) is 26.4 Å². The van der Waals surface area contributed by atoms with Crippen LogP contribution in [0.4, 0.5) is 18.9 Å². The zero-order chi connectivity index (χ0) is 19.4. The molecule has 2 rings (SSSR count). The highest BCUT2D eigenvalue weighted by Gasteiger charge is 2.31. The fourth-order valence-electron chi connectivity index (χ4n) is 2.05. The molecule has 0 aromatic heterocycles. The molecule has 9 heteroatoms. The van der Waals surface area contributed by atoms with Crippen molar-refractivity contribution in [1.82, 2.24) is 0 Å². The van der Waals surface area contributed by atoms with Gasteiger partial charge in [-0.2, -0.15) is 0 Å². The number of ether oxygens (including phenoxy) is 1. The minimum Gasteiger partial charge on any atom is -0.406 e. The Morgan fingerprint density at radius 3 is 2.15 bits per heavy atom. The van der Waals surface area contributed by atoms with Crippen LogP contribution in [0.5, 0.6) is 5.75 Å². The molecular weight excluding hydrogens is 371 g/mol. The molecular formula is C17H16F3NO4S. The van der Waals surface area contributed by atoms with E-state index >= 15 is 0 Å². The number of amides is 1.